The molecule has 0 heterocycles. The van der Waals surface area contributed by atoms with Gasteiger partial charge in [0.05, 0.1) is 0 Å². The largest absolute Gasteiger partial charge is 0.0622 e. The molecule has 43 heavy (non-hydrogen) atoms. The predicted molar refractivity (Wildman–Crippen MR) is 190 cm³/mol. The predicted octanol–water partition coefficient (Wildman–Crippen LogP) is 9.11. The smallest absolute Gasteiger partial charge is 0 e. The second-order valence-electron chi connectivity index (χ2n) is 9.80. The van der Waals surface area contributed by atoms with Gasteiger partial charge in [0.2, 0.25) is 0 Å². The van der Waals surface area contributed by atoms with Crippen LogP contribution in [0.25, 0.3) is 12.2 Å². The van der Waals surface area contributed by atoms with Gasteiger partial charge in [-0.15, -0.1) is 0 Å². The Morgan fingerprint density at radius 1 is 0.302 bits per heavy atom. The molecule has 3 heteroatoms. The molecule has 0 saturated heterocycles. The fourth-order valence-corrected chi connectivity index (χ4v) is 10.1. The normalized spacial score (nSPS) is 10.7. The van der Waals surface area contributed by atoms with Crippen LogP contribution in [0.4, 0.5) is 0 Å². The molecule has 0 aliphatic rings. The first-order valence-electron chi connectivity index (χ1n) is 14.4. The van der Waals surface area contributed by atoms with Gasteiger partial charge in [-0.25, -0.2) is 0 Å². The summed E-state index contributed by atoms with van der Waals surface area (Å²) in [4.78, 5) is 0. The van der Waals surface area contributed by atoms with E-state index >= 15 is 0 Å². The van der Waals surface area contributed by atoms with E-state index in [-0.39, 0.29) is 32.3 Å². The van der Waals surface area contributed by atoms with Gasteiger partial charge in [-0.3, -0.25) is 0 Å². The maximum absolute atomic E-state index is 2.30. The van der Waals surface area contributed by atoms with E-state index in [0.717, 1.165) is 0 Å². The van der Waals surface area contributed by atoms with Crippen LogP contribution in [0, 0.1) is 0 Å². The number of benzene rings is 6. The van der Waals surface area contributed by atoms with Gasteiger partial charge >= 0.3 is 0 Å². The van der Waals surface area contributed by atoms with Crippen molar-refractivity contribution >= 4 is 49.2 Å². The molecule has 0 aliphatic carbocycles. The molecule has 0 aromatic heterocycles. The molecular formula is C40H36NiP2. The first kappa shape index (κ1) is 32.3. The molecule has 0 saturated carbocycles. The van der Waals surface area contributed by atoms with Crippen molar-refractivity contribution in [2.24, 2.45) is 0 Å². The van der Waals surface area contributed by atoms with Crippen molar-refractivity contribution in [3.05, 3.63) is 193 Å². The Balaban J connectivity index is 0.000000238. The molecular weight excluding hydrogens is 601 g/mol. The van der Waals surface area contributed by atoms with Crippen molar-refractivity contribution in [2.45, 2.75) is 0 Å². The SMILES string of the molecule is C(=C/c1ccccc1)/c1ccccc1.[Ni].c1ccc(P(CCP(c2ccccc2)c2ccccc2)c2ccccc2)cc1. The minimum Gasteiger partial charge on any atom is -0.0622 e. The standard InChI is InChI=1S/C26H24P2.C14H12.Ni/c1-5-13-23(14-6-1)27(24-15-7-2-8-16-24)21-22-28(25-17-9-3-10-18-25)26-19-11-4-12-20-26;1-3-7-13(8-4-1)11-12-14-9-5-2-6-10-14;/h1-20H,21-22H2;1-12H;/b;12-11-;. The van der Waals surface area contributed by atoms with Gasteiger partial charge in [0.15, 0.2) is 0 Å². The molecule has 0 aliphatic heterocycles. The number of hydrogen-bond donors (Lipinski definition) is 0. The molecule has 0 atom stereocenters. The van der Waals surface area contributed by atoms with E-state index in [1.165, 1.54) is 44.7 Å². The Morgan fingerprint density at radius 3 is 0.744 bits per heavy atom. The zero-order chi connectivity index (χ0) is 28.7. The summed E-state index contributed by atoms with van der Waals surface area (Å²) in [6.45, 7) is 0. The van der Waals surface area contributed by atoms with Crippen molar-refractivity contribution in [1.29, 1.82) is 0 Å². The Morgan fingerprint density at radius 2 is 0.512 bits per heavy atom. The van der Waals surface area contributed by atoms with Crippen LogP contribution in [0.1, 0.15) is 11.1 Å². The van der Waals surface area contributed by atoms with Crippen LogP contribution in [0.15, 0.2) is 182 Å². The summed E-state index contributed by atoms with van der Waals surface area (Å²) in [5.41, 5.74) is 2.47. The Bertz CT molecular complexity index is 1390. The summed E-state index contributed by atoms with van der Waals surface area (Å²) >= 11 is 0. The van der Waals surface area contributed by atoms with Crippen LogP contribution >= 0.6 is 15.8 Å². The van der Waals surface area contributed by atoms with E-state index in [2.05, 4.69) is 158 Å². The average molecular weight is 637 g/mol. The van der Waals surface area contributed by atoms with Crippen LogP contribution in [-0.2, 0) is 16.5 Å². The van der Waals surface area contributed by atoms with Gasteiger partial charge in [-0.05, 0) is 60.5 Å². The molecule has 0 N–H and O–H groups in total. The molecule has 0 amide bonds. The zero-order valence-electron chi connectivity index (χ0n) is 24.1. The molecule has 0 unspecified atom stereocenters. The van der Waals surface area contributed by atoms with Crippen LogP contribution in [-0.4, -0.2) is 12.3 Å². The topological polar surface area (TPSA) is 0 Å². The number of rotatable bonds is 9. The average Bonchev–Trinajstić information content (AvgIpc) is 3.09. The molecule has 0 nitrogen and oxygen atoms in total. The monoisotopic (exact) mass is 636 g/mol. The Hall–Kier alpha value is -3.59. The first-order valence-corrected chi connectivity index (χ1v) is 17.5. The van der Waals surface area contributed by atoms with Gasteiger partial charge in [0.1, 0.15) is 0 Å². The van der Waals surface area contributed by atoms with E-state index in [1.54, 1.807) is 0 Å². The van der Waals surface area contributed by atoms with E-state index in [1.807, 2.05) is 36.4 Å². The van der Waals surface area contributed by atoms with E-state index < -0.39 is 0 Å². The molecule has 0 bridgehead atoms. The van der Waals surface area contributed by atoms with Crippen molar-refractivity contribution in [2.75, 3.05) is 12.3 Å². The molecule has 216 valence electrons. The quantitative estimate of drug-likeness (QED) is 0.0843. The summed E-state index contributed by atoms with van der Waals surface area (Å²) in [6.07, 6.45) is 6.66. The molecule has 6 aromatic carbocycles. The van der Waals surface area contributed by atoms with Gasteiger partial charge < -0.3 is 0 Å². The second-order valence-corrected chi connectivity index (χ2v) is 14.5. The summed E-state index contributed by atoms with van der Waals surface area (Å²) < 4.78 is 0. The maximum atomic E-state index is 2.30. The van der Waals surface area contributed by atoms with Gasteiger partial charge in [0, 0.05) is 16.5 Å². The van der Waals surface area contributed by atoms with Gasteiger partial charge in [0.25, 0.3) is 0 Å². The van der Waals surface area contributed by atoms with Crippen LogP contribution in [0.2, 0.25) is 0 Å². The van der Waals surface area contributed by atoms with Gasteiger partial charge in [-0.2, -0.15) is 0 Å². The summed E-state index contributed by atoms with van der Waals surface area (Å²) in [5, 5.41) is 5.89. The van der Waals surface area contributed by atoms with Crippen LogP contribution in [0.3, 0.4) is 0 Å². The Kier molecular flexibility index (Phi) is 13.7. The third-order valence-electron chi connectivity index (χ3n) is 6.89. The minimum absolute atomic E-state index is 0. The Labute approximate surface area is 270 Å². The number of hydrogen-bond acceptors (Lipinski definition) is 0. The fourth-order valence-electron chi connectivity index (χ4n) is 4.77. The summed E-state index contributed by atoms with van der Waals surface area (Å²) in [7, 11) is -0.696. The van der Waals surface area contributed by atoms with Crippen LogP contribution < -0.4 is 21.2 Å². The molecule has 6 rings (SSSR count). The van der Waals surface area contributed by atoms with E-state index in [0.29, 0.717) is 0 Å². The molecule has 0 spiro atoms. The maximum Gasteiger partial charge on any atom is 0 e. The first-order chi connectivity index (χ1) is 20.9. The van der Waals surface area contributed by atoms with Gasteiger partial charge in [-0.1, -0.05) is 194 Å². The summed E-state index contributed by atoms with van der Waals surface area (Å²) in [6, 6.07) is 64.8. The third-order valence-corrected chi connectivity index (χ3v) is 12.3. The van der Waals surface area contributed by atoms with Crippen LogP contribution in [0.5, 0.6) is 0 Å². The second kappa shape index (κ2) is 18.2. The fraction of sp³-hybridized carbons (Fsp3) is 0.0500. The molecule has 0 radical (unpaired) electrons. The van der Waals surface area contributed by atoms with Crippen molar-refractivity contribution in [3.8, 4) is 0 Å². The molecule has 6 aromatic rings. The molecule has 0 fully saturated rings. The van der Waals surface area contributed by atoms with Crippen molar-refractivity contribution < 1.29 is 16.5 Å². The van der Waals surface area contributed by atoms with Crippen molar-refractivity contribution in [1.82, 2.24) is 0 Å². The van der Waals surface area contributed by atoms with Crippen molar-refractivity contribution in [3.63, 3.8) is 0 Å². The van der Waals surface area contributed by atoms with E-state index in [9.17, 15) is 0 Å². The third kappa shape index (κ3) is 10.3. The van der Waals surface area contributed by atoms with E-state index in [4.69, 9.17) is 0 Å². The summed E-state index contributed by atoms with van der Waals surface area (Å²) in [5.74, 6) is 0. The zero-order valence-corrected chi connectivity index (χ0v) is 26.9. The minimum atomic E-state index is -0.348.